The Hall–Kier alpha value is -1.36. The number of carbonyl (C=O) groups is 1. The largest absolute Gasteiger partial charge is 0.464 e. The van der Waals surface area contributed by atoms with Gasteiger partial charge in [-0.15, -0.1) is 0 Å². The molecule has 0 saturated heterocycles. The van der Waals surface area contributed by atoms with Gasteiger partial charge >= 0.3 is 5.97 Å². The Morgan fingerprint density at radius 3 is 2.76 bits per heavy atom. The van der Waals surface area contributed by atoms with Gasteiger partial charge in [0.05, 0.1) is 6.61 Å². The average Bonchev–Trinajstić information content (AvgIpc) is 2.26. The number of rotatable bonds is 5. The van der Waals surface area contributed by atoms with Crippen LogP contribution in [0.4, 0.5) is 5.82 Å². The first-order chi connectivity index (χ1) is 8.04. The van der Waals surface area contributed by atoms with Gasteiger partial charge in [0.2, 0.25) is 0 Å². The smallest absolute Gasteiger partial charge is 0.328 e. The second-order valence-electron chi connectivity index (χ2n) is 3.84. The zero-order chi connectivity index (χ0) is 12.8. The first-order valence-corrected chi connectivity index (χ1v) is 5.83. The molecule has 1 aromatic rings. The molecule has 0 saturated carbocycles. The molecule has 0 aliphatic carbocycles. The number of hydrogen-bond donors (Lipinski definition) is 1. The fourth-order valence-electron chi connectivity index (χ4n) is 1.30. The molecule has 0 spiro atoms. The maximum atomic E-state index is 11.7. The van der Waals surface area contributed by atoms with Crippen LogP contribution in [0.15, 0.2) is 12.4 Å². The highest BCUT2D eigenvalue weighted by Gasteiger charge is 2.23. The molecule has 5 nitrogen and oxygen atoms in total. The lowest BCUT2D eigenvalue weighted by Crippen LogP contribution is -2.36. The quantitative estimate of drug-likeness (QED) is 0.647. The second-order valence-corrected chi connectivity index (χ2v) is 4.23. The highest BCUT2D eigenvalue weighted by atomic mass is 35.5. The zero-order valence-electron chi connectivity index (χ0n) is 10.1. The third kappa shape index (κ3) is 4.19. The van der Waals surface area contributed by atoms with Gasteiger partial charge < -0.3 is 10.1 Å². The van der Waals surface area contributed by atoms with Crippen LogP contribution in [0.1, 0.15) is 20.8 Å². The van der Waals surface area contributed by atoms with Crippen molar-refractivity contribution in [2.75, 3.05) is 11.9 Å². The number of anilines is 1. The van der Waals surface area contributed by atoms with Crippen LogP contribution in [0.25, 0.3) is 0 Å². The molecular formula is C11H16ClN3O2. The average molecular weight is 258 g/mol. The van der Waals surface area contributed by atoms with Crippen LogP contribution < -0.4 is 5.32 Å². The minimum Gasteiger partial charge on any atom is -0.464 e. The summed E-state index contributed by atoms with van der Waals surface area (Å²) in [6, 6.07) is 1.12. The predicted octanol–water partition coefficient (Wildman–Crippen LogP) is 2.13. The van der Waals surface area contributed by atoms with Crippen LogP contribution in [-0.2, 0) is 9.53 Å². The third-order valence-electron chi connectivity index (χ3n) is 2.14. The van der Waals surface area contributed by atoms with E-state index in [1.807, 2.05) is 13.8 Å². The number of aromatic nitrogens is 2. The summed E-state index contributed by atoms with van der Waals surface area (Å²) in [4.78, 5) is 19.5. The van der Waals surface area contributed by atoms with Crippen LogP contribution in [0.3, 0.4) is 0 Å². The van der Waals surface area contributed by atoms with E-state index in [1.165, 1.54) is 6.33 Å². The van der Waals surface area contributed by atoms with E-state index in [2.05, 4.69) is 15.3 Å². The fourth-order valence-corrected chi connectivity index (χ4v) is 1.45. The molecule has 17 heavy (non-hydrogen) atoms. The number of hydrogen-bond acceptors (Lipinski definition) is 5. The maximum Gasteiger partial charge on any atom is 0.328 e. The summed E-state index contributed by atoms with van der Waals surface area (Å²) >= 11 is 5.74. The monoisotopic (exact) mass is 257 g/mol. The lowest BCUT2D eigenvalue weighted by molar-refractivity contribution is -0.145. The van der Waals surface area contributed by atoms with Crippen molar-refractivity contribution in [3.8, 4) is 0 Å². The highest BCUT2D eigenvalue weighted by molar-refractivity contribution is 6.29. The molecule has 6 heteroatoms. The Morgan fingerprint density at radius 2 is 2.24 bits per heavy atom. The van der Waals surface area contributed by atoms with Crippen molar-refractivity contribution < 1.29 is 9.53 Å². The Kier molecular flexibility index (Phi) is 5.15. The molecule has 0 fully saturated rings. The summed E-state index contributed by atoms with van der Waals surface area (Å²) in [6.45, 7) is 5.99. The number of ether oxygens (including phenoxy) is 1. The fraction of sp³-hybridized carbons (Fsp3) is 0.545. The topological polar surface area (TPSA) is 64.1 Å². The van der Waals surface area contributed by atoms with E-state index in [9.17, 15) is 4.79 Å². The van der Waals surface area contributed by atoms with E-state index in [-0.39, 0.29) is 11.9 Å². The summed E-state index contributed by atoms with van der Waals surface area (Å²) in [5.41, 5.74) is 0. The van der Waals surface area contributed by atoms with Gasteiger partial charge in [0.25, 0.3) is 0 Å². The summed E-state index contributed by atoms with van der Waals surface area (Å²) in [6.07, 6.45) is 1.34. The van der Waals surface area contributed by atoms with Crippen LogP contribution in [-0.4, -0.2) is 28.6 Å². The first kappa shape index (κ1) is 13.7. The van der Waals surface area contributed by atoms with E-state index in [0.29, 0.717) is 17.6 Å². The molecule has 1 N–H and O–H groups in total. The molecule has 1 atom stereocenters. The van der Waals surface area contributed by atoms with Gasteiger partial charge in [0, 0.05) is 6.07 Å². The van der Waals surface area contributed by atoms with E-state index in [1.54, 1.807) is 13.0 Å². The van der Waals surface area contributed by atoms with Crippen LogP contribution in [0, 0.1) is 5.92 Å². The summed E-state index contributed by atoms with van der Waals surface area (Å²) in [7, 11) is 0. The molecule has 0 bridgehead atoms. The van der Waals surface area contributed by atoms with Gasteiger partial charge in [-0.3, -0.25) is 0 Å². The predicted molar refractivity (Wildman–Crippen MR) is 65.9 cm³/mol. The normalized spacial score (nSPS) is 12.3. The van der Waals surface area contributed by atoms with Crippen molar-refractivity contribution in [1.29, 1.82) is 0 Å². The van der Waals surface area contributed by atoms with Crippen LogP contribution >= 0.6 is 11.6 Å². The summed E-state index contributed by atoms with van der Waals surface area (Å²) in [5, 5.41) is 3.32. The number of nitrogens with one attached hydrogen (secondary N) is 1. The molecule has 0 aliphatic rings. The lowest BCUT2D eigenvalue weighted by atomic mass is 10.0. The van der Waals surface area contributed by atoms with Gasteiger partial charge in [-0.05, 0) is 12.8 Å². The standard InChI is InChI=1S/C11H16ClN3O2/c1-4-17-11(16)10(7(2)3)15-9-5-8(12)13-6-14-9/h5-7,10H,4H2,1-3H3,(H,13,14,15)/t10-/m1/s1. The Morgan fingerprint density at radius 1 is 1.53 bits per heavy atom. The Labute approximate surface area is 106 Å². The van der Waals surface area contributed by atoms with E-state index >= 15 is 0 Å². The van der Waals surface area contributed by atoms with Crippen molar-refractivity contribution in [3.63, 3.8) is 0 Å². The van der Waals surface area contributed by atoms with Gasteiger partial charge in [0.1, 0.15) is 23.3 Å². The number of halogens is 1. The van der Waals surface area contributed by atoms with Gasteiger partial charge in [-0.25, -0.2) is 14.8 Å². The first-order valence-electron chi connectivity index (χ1n) is 5.45. The van der Waals surface area contributed by atoms with E-state index in [0.717, 1.165) is 0 Å². The van der Waals surface area contributed by atoms with E-state index in [4.69, 9.17) is 16.3 Å². The molecule has 0 unspecified atom stereocenters. The van der Waals surface area contributed by atoms with Gasteiger partial charge in [0.15, 0.2) is 0 Å². The summed E-state index contributed by atoms with van der Waals surface area (Å²) < 4.78 is 4.99. The maximum absolute atomic E-state index is 11.7. The van der Waals surface area contributed by atoms with Gasteiger partial charge in [-0.1, -0.05) is 25.4 Å². The molecule has 1 rings (SSSR count). The molecule has 94 valence electrons. The minimum absolute atomic E-state index is 0.0859. The van der Waals surface area contributed by atoms with Crippen molar-refractivity contribution >= 4 is 23.4 Å². The van der Waals surface area contributed by atoms with Crippen molar-refractivity contribution in [3.05, 3.63) is 17.5 Å². The minimum atomic E-state index is -0.444. The molecule has 0 amide bonds. The highest BCUT2D eigenvalue weighted by Crippen LogP contribution is 2.14. The molecule has 0 aliphatic heterocycles. The van der Waals surface area contributed by atoms with E-state index < -0.39 is 6.04 Å². The molecule has 0 aromatic carbocycles. The molecule has 1 aromatic heterocycles. The molecule has 0 radical (unpaired) electrons. The summed E-state index contributed by atoms with van der Waals surface area (Å²) in [5.74, 6) is 0.303. The number of carbonyl (C=O) groups excluding carboxylic acids is 1. The van der Waals surface area contributed by atoms with Crippen molar-refractivity contribution in [2.24, 2.45) is 5.92 Å². The van der Waals surface area contributed by atoms with Crippen molar-refractivity contribution in [1.82, 2.24) is 9.97 Å². The van der Waals surface area contributed by atoms with Crippen LogP contribution in [0.5, 0.6) is 0 Å². The third-order valence-corrected chi connectivity index (χ3v) is 2.35. The Bertz CT molecular complexity index is 385. The number of esters is 1. The van der Waals surface area contributed by atoms with Crippen LogP contribution in [0.2, 0.25) is 5.15 Å². The molecule has 1 heterocycles. The molecular weight excluding hydrogens is 242 g/mol. The Balaban J connectivity index is 2.76. The van der Waals surface area contributed by atoms with Gasteiger partial charge in [-0.2, -0.15) is 0 Å². The van der Waals surface area contributed by atoms with Crippen molar-refractivity contribution in [2.45, 2.75) is 26.8 Å². The second kappa shape index (κ2) is 6.39. The SMILES string of the molecule is CCOC(=O)[C@H](Nc1cc(Cl)ncn1)C(C)C. The lowest BCUT2D eigenvalue weighted by Gasteiger charge is -2.20. The number of nitrogens with zero attached hydrogens (tertiary/aromatic N) is 2. The zero-order valence-corrected chi connectivity index (χ0v) is 10.9.